The monoisotopic (exact) mass is 176 g/mol. The van der Waals surface area contributed by atoms with Crippen molar-refractivity contribution in [2.45, 2.75) is 0 Å². The van der Waals surface area contributed by atoms with Crippen molar-refractivity contribution in [2.75, 3.05) is 0 Å². The zero-order chi connectivity index (χ0) is 7.56. The van der Waals surface area contributed by atoms with Crippen LogP contribution in [0.15, 0.2) is 11.5 Å². The fourth-order valence-electron chi connectivity index (χ4n) is 0.736. The number of aryl methyl sites for hydroxylation is 2. The van der Waals surface area contributed by atoms with Crippen LogP contribution in [0.4, 0.5) is 0 Å². The second-order valence-corrected chi connectivity index (χ2v) is 2.00. The highest BCUT2D eigenvalue weighted by Crippen LogP contribution is 1.77. The Bertz CT molecular complexity index is 257. The van der Waals surface area contributed by atoms with Crippen LogP contribution < -0.4 is 17.0 Å². The van der Waals surface area contributed by atoms with Gasteiger partial charge >= 0.3 is 5.82 Å². The summed E-state index contributed by atoms with van der Waals surface area (Å²) in [5.74, 6) is 0.616. The van der Waals surface area contributed by atoms with Gasteiger partial charge in [-0.2, -0.15) is 0 Å². The van der Waals surface area contributed by atoms with Gasteiger partial charge in [-0.1, -0.05) is 5.16 Å². The van der Waals surface area contributed by atoms with E-state index in [-0.39, 0.29) is 12.4 Å². The molecule has 1 aromatic rings. The van der Waals surface area contributed by atoms with Crippen LogP contribution in [0.1, 0.15) is 5.82 Å². The van der Waals surface area contributed by atoms with Crippen LogP contribution >= 0.6 is 0 Å². The first-order valence-corrected chi connectivity index (χ1v) is 2.80. The molecule has 6 heteroatoms. The van der Waals surface area contributed by atoms with E-state index < -0.39 is 0 Å². The van der Waals surface area contributed by atoms with Gasteiger partial charge in [-0.05, 0) is 0 Å². The molecule has 0 spiro atoms. The second kappa shape index (κ2) is 3.92. The summed E-state index contributed by atoms with van der Waals surface area (Å²) in [4.78, 5) is 0. The van der Waals surface area contributed by atoms with E-state index in [1.807, 2.05) is 7.05 Å². The van der Waals surface area contributed by atoms with E-state index in [0.29, 0.717) is 5.82 Å². The zero-order valence-electron chi connectivity index (χ0n) is 6.27. The molecule has 11 heavy (non-hydrogen) atoms. The first-order chi connectivity index (χ1) is 4.74. The highest BCUT2D eigenvalue weighted by atomic mass is 35.5. The van der Waals surface area contributed by atoms with Crippen molar-refractivity contribution in [3.05, 3.63) is 12.2 Å². The lowest BCUT2D eigenvalue weighted by Crippen LogP contribution is -3.00. The lowest BCUT2D eigenvalue weighted by Gasteiger charge is -1.77. The Morgan fingerprint density at radius 2 is 2.45 bits per heavy atom. The van der Waals surface area contributed by atoms with E-state index in [4.69, 9.17) is 5.21 Å². The van der Waals surface area contributed by atoms with Crippen LogP contribution in [0.3, 0.4) is 0 Å². The summed E-state index contributed by atoms with van der Waals surface area (Å²) in [6, 6.07) is 0. The highest BCUT2D eigenvalue weighted by Gasteiger charge is 2.07. The average molecular weight is 177 g/mol. The Morgan fingerprint density at radius 3 is 2.82 bits per heavy atom. The zero-order valence-corrected chi connectivity index (χ0v) is 7.02. The first-order valence-electron chi connectivity index (χ1n) is 2.80. The second-order valence-electron chi connectivity index (χ2n) is 2.00. The average Bonchev–Trinajstić information content (AvgIpc) is 2.13. The Morgan fingerprint density at radius 1 is 1.82 bits per heavy atom. The molecule has 1 heterocycles. The van der Waals surface area contributed by atoms with E-state index in [2.05, 4.69) is 10.3 Å². The summed E-state index contributed by atoms with van der Waals surface area (Å²) < 4.78 is 3.39. The van der Waals surface area contributed by atoms with E-state index in [0.717, 1.165) is 0 Å². The van der Waals surface area contributed by atoms with Crippen LogP contribution in [0.5, 0.6) is 0 Å². The maximum Gasteiger partial charge on any atom is 0.323 e. The number of halogens is 1. The minimum Gasteiger partial charge on any atom is -1.00 e. The highest BCUT2D eigenvalue weighted by molar-refractivity contribution is 5.71. The lowest BCUT2D eigenvalue weighted by molar-refractivity contribution is -0.673. The first kappa shape index (κ1) is 9.90. The summed E-state index contributed by atoms with van der Waals surface area (Å²) >= 11 is 0. The maximum atomic E-state index is 8.16. The number of hydrogen-bond donors (Lipinski definition) is 1. The smallest absolute Gasteiger partial charge is 0.323 e. The van der Waals surface area contributed by atoms with Gasteiger partial charge in [0.2, 0.25) is 6.33 Å². The van der Waals surface area contributed by atoms with Crippen LogP contribution in [0.25, 0.3) is 0 Å². The molecule has 62 valence electrons. The van der Waals surface area contributed by atoms with E-state index in [1.54, 1.807) is 22.6 Å². The van der Waals surface area contributed by atoms with Gasteiger partial charge < -0.3 is 17.6 Å². The summed E-state index contributed by atoms with van der Waals surface area (Å²) in [6.45, 7) is 0. The van der Waals surface area contributed by atoms with Gasteiger partial charge in [-0.25, -0.2) is 4.57 Å². The molecule has 1 aromatic heterocycles. The SMILES string of the molecule is Cn1c[n+](C)c(/C=N\O)n1.[Cl-]. The number of rotatable bonds is 1. The molecular weight excluding hydrogens is 168 g/mol. The third-order valence-electron chi connectivity index (χ3n) is 1.14. The van der Waals surface area contributed by atoms with Gasteiger partial charge in [0.1, 0.15) is 6.21 Å². The van der Waals surface area contributed by atoms with Gasteiger partial charge in [-0.3, -0.25) is 0 Å². The summed E-state index contributed by atoms with van der Waals surface area (Å²) in [6.07, 6.45) is 3.05. The predicted octanol–water partition coefficient (Wildman–Crippen LogP) is -3.94. The molecule has 5 nitrogen and oxygen atoms in total. The van der Waals surface area contributed by atoms with Crippen LogP contribution in [0.2, 0.25) is 0 Å². The summed E-state index contributed by atoms with van der Waals surface area (Å²) in [5.41, 5.74) is 0. The molecule has 0 aromatic carbocycles. The van der Waals surface area contributed by atoms with Crippen molar-refractivity contribution in [3.63, 3.8) is 0 Å². The molecule has 0 aliphatic rings. The fourth-order valence-corrected chi connectivity index (χ4v) is 0.736. The molecule has 0 saturated heterocycles. The molecule has 1 rings (SSSR count). The van der Waals surface area contributed by atoms with Gasteiger partial charge in [0, 0.05) is 5.10 Å². The minimum absolute atomic E-state index is 0. The van der Waals surface area contributed by atoms with Gasteiger partial charge in [-0.15, -0.1) is 4.68 Å². The van der Waals surface area contributed by atoms with E-state index >= 15 is 0 Å². The van der Waals surface area contributed by atoms with Crippen LogP contribution in [-0.2, 0) is 14.1 Å². The van der Waals surface area contributed by atoms with Crippen molar-refractivity contribution in [2.24, 2.45) is 19.3 Å². The fraction of sp³-hybridized carbons (Fsp3) is 0.400. The Labute approximate surface area is 70.4 Å². The van der Waals surface area contributed by atoms with Crippen molar-refractivity contribution >= 4 is 6.21 Å². The largest absolute Gasteiger partial charge is 1.00 e. The molecule has 0 bridgehead atoms. The van der Waals surface area contributed by atoms with Crippen LogP contribution in [0, 0.1) is 0 Å². The topological polar surface area (TPSA) is 54.3 Å². The molecule has 0 saturated carbocycles. The number of nitrogens with zero attached hydrogens (tertiary/aromatic N) is 4. The maximum absolute atomic E-state index is 8.16. The van der Waals surface area contributed by atoms with Crippen molar-refractivity contribution in [1.82, 2.24) is 9.78 Å². The van der Waals surface area contributed by atoms with Crippen LogP contribution in [-0.4, -0.2) is 21.2 Å². The van der Waals surface area contributed by atoms with Crippen molar-refractivity contribution in [3.8, 4) is 0 Å². The molecule has 0 aliphatic carbocycles. The van der Waals surface area contributed by atoms with E-state index in [1.165, 1.54) is 6.21 Å². The van der Waals surface area contributed by atoms with Crippen molar-refractivity contribution < 1.29 is 22.2 Å². The molecule has 0 unspecified atom stereocenters. The van der Waals surface area contributed by atoms with E-state index in [9.17, 15) is 0 Å². The standard InChI is InChI=1S/C5H8N4O.ClH/c1-8-4-9(2)7-5(8)3-6-10;/h3-4H,1-2H3;1H/b6-3-;. The molecule has 0 aliphatic heterocycles. The lowest BCUT2D eigenvalue weighted by atomic mass is 10.7. The molecular formula is C5H9ClN4O. The predicted molar refractivity (Wildman–Crippen MR) is 33.8 cm³/mol. The molecule has 0 radical (unpaired) electrons. The molecule has 1 N–H and O–H groups in total. The quantitative estimate of drug-likeness (QED) is 0.206. The normalized spacial score (nSPS) is 10.0. The van der Waals surface area contributed by atoms with Crippen molar-refractivity contribution in [1.29, 1.82) is 0 Å². The third-order valence-corrected chi connectivity index (χ3v) is 1.14. The molecule has 0 amide bonds. The Balaban J connectivity index is 0.000001000. The summed E-state index contributed by atoms with van der Waals surface area (Å²) in [5, 5.41) is 15.0. The third kappa shape index (κ3) is 2.19. The number of oxime groups is 1. The molecule has 0 atom stereocenters. The Hall–Kier alpha value is -1.10. The molecule has 0 fully saturated rings. The Kier molecular flexibility index (Phi) is 3.53. The number of hydrogen-bond acceptors (Lipinski definition) is 3. The summed E-state index contributed by atoms with van der Waals surface area (Å²) in [7, 11) is 3.62. The number of aromatic nitrogens is 3. The van der Waals surface area contributed by atoms with Gasteiger partial charge in [0.05, 0.1) is 14.1 Å². The minimum atomic E-state index is 0. The van der Waals surface area contributed by atoms with Gasteiger partial charge in [0.25, 0.3) is 0 Å². The van der Waals surface area contributed by atoms with Gasteiger partial charge in [0.15, 0.2) is 0 Å².